The fourth-order valence-corrected chi connectivity index (χ4v) is 19.5. The molecule has 0 aliphatic heterocycles. The third kappa shape index (κ3) is 13.2. The van der Waals surface area contributed by atoms with E-state index in [2.05, 4.69) is 258 Å². The summed E-state index contributed by atoms with van der Waals surface area (Å²) in [6.07, 6.45) is 7.18. The van der Waals surface area contributed by atoms with Crippen LogP contribution in [-0.4, -0.2) is 118 Å². The monoisotopic (exact) mass is 1460 g/mol. The second-order valence-corrected chi connectivity index (χ2v) is 30.3. The van der Waals surface area contributed by atoms with Crippen LogP contribution in [0.4, 0.5) is 0 Å². The number of ether oxygens (including phenoxy) is 8. The first kappa shape index (κ1) is 74.5. The van der Waals surface area contributed by atoms with Crippen LogP contribution in [0.3, 0.4) is 0 Å². The standard InChI is InChI=1S/C100H102N2O8/c1-9-97(10-2)85-25-17-13-21-75(85)79-43-39-73(63-89(79)97)83-65-93-94(66-84(83)74-40-44-80-76-22-14-18-26-86(76)98(11-3,12-4)90(80)64-74)102-96(70-35-31-68(32-36-70)72-38-42-82-78-24-16-20-28-88(78)100(92(82)62-72,47-51-109-59-55-105-7)48-52-110-60-56-106-8)95(101-93)69-33-29-67(30-34-69)71-37-41-81-77-23-15-19-27-87(77)99(91(81)61-71,45-49-107-57-53-103-5)46-50-108-58-54-104-6/h13-44,61-66H,9-12,45-60H2,1-8H3. The number of fused-ring (bicyclic) bond motifs is 13. The molecule has 560 valence electrons. The van der Waals surface area contributed by atoms with Crippen LogP contribution in [0.25, 0.3) is 123 Å². The van der Waals surface area contributed by atoms with Crippen molar-refractivity contribution in [2.24, 2.45) is 0 Å². The minimum Gasteiger partial charge on any atom is -0.382 e. The molecular formula is C100H102N2O8. The largest absolute Gasteiger partial charge is 0.382 e. The van der Waals surface area contributed by atoms with Gasteiger partial charge in [-0.3, -0.25) is 0 Å². The first-order valence-corrected chi connectivity index (χ1v) is 40.0. The number of hydrogen-bond acceptors (Lipinski definition) is 10. The van der Waals surface area contributed by atoms with Gasteiger partial charge in [-0.2, -0.15) is 0 Å². The van der Waals surface area contributed by atoms with E-state index in [1.54, 1.807) is 28.4 Å². The van der Waals surface area contributed by atoms with Crippen molar-refractivity contribution in [2.45, 2.75) is 101 Å². The van der Waals surface area contributed by atoms with Gasteiger partial charge in [0.15, 0.2) is 0 Å². The molecule has 4 aliphatic carbocycles. The summed E-state index contributed by atoms with van der Waals surface area (Å²) in [6, 6.07) is 87.5. The molecule has 10 heteroatoms. The molecule has 0 atom stereocenters. The van der Waals surface area contributed by atoms with Crippen LogP contribution in [0, 0.1) is 0 Å². The molecule has 0 N–H and O–H groups in total. The molecule has 16 rings (SSSR count). The van der Waals surface area contributed by atoms with E-state index in [-0.39, 0.29) is 21.7 Å². The average Bonchev–Trinajstić information content (AvgIpc) is 1.57. The van der Waals surface area contributed by atoms with E-state index in [9.17, 15) is 0 Å². The zero-order valence-electron chi connectivity index (χ0n) is 65.2. The van der Waals surface area contributed by atoms with Crippen molar-refractivity contribution in [3.8, 4) is 112 Å². The number of rotatable bonds is 34. The highest BCUT2D eigenvalue weighted by atomic mass is 16.5. The molecule has 110 heavy (non-hydrogen) atoms. The van der Waals surface area contributed by atoms with Crippen molar-refractivity contribution in [1.82, 2.24) is 9.97 Å². The van der Waals surface area contributed by atoms with Gasteiger partial charge in [0.25, 0.3) is 0 Å². The second-order valence-electron chi connectivity index (χ2n) is 30.3. The van der Waals surface area contributed by atoms with Crippen LogP contribution in [-0.2, 0) is 59.6 Å². The predicted molar refractivity (Wildman–Crippen MR) is 447 cm³/mol. The molecule has 0 unspecified atom stereocenters. The lowest BCUT2D eigenvalue weighted by molar-refractivity contribution is 0.0490. The van der Waals surface area contributed by atoms with Crippen molar-refractivity contribution in [2.75, 3.05) is 108 Å². The van der Waals surface area contributed by atoms with E-state index in [0.717, 1.165) is 118 Å². The number of benzene rings is 11. The Hall–Kier alpha value is -9.56. The van der Waals surface area contributed by atoms with Crippen LogP contribution in [0.2, 0.25) is 0 Å². The van der Waals surface area contributed by atoms with Gasteiger partial charge in [-0.25, -0.2) is 9.97 Å². The number of methoxy groups -OCH3 is 4. The van der Waals surface area contributed by atoms with Gasteiger partial charge in [0.2, 0.25) is 0 Å². The minimum atomic E-state index is -0.344. The van der Waals surface area contributed by atoms with Crippen molar-refractivity contribution >= 4 is 11.0 Å². The SMILES string of the molecule is CCC1(CC)c2ccccc2-c2ccc(-c3cc4nc(-c5ccc(-c6ccc7c(c6)C(CCOCCOC)(CCOCCOC)c6ccccc6-7)cc5)c(-c5ccc(-c6ccc7c(c6)C(CCOCCOC)(CCOCCOC)c6ccccc6-7)cc5)nc4cc3-c3ccc4c(c3)C(CC)(CC)c3ccccc3-4)cc21. The summed E-state index contributed by atoms with van der Waals surface area (Å²) < 4.78 is 46.8. The molecule has 1 heterocycles. The fourth-order valence-electron chi connectivity index (χ4n) is 19.5. The zero-order chi connectivity index (χ0) is 75.4. The van der Waals surface area contributed by atoms with Crippen LogP contribution in [0.15, 0.2) is 231 Å². The second kappa shape index (κ2) is 32.4. The average molecular weight is 1460 g/mol. The van der Waals surface area contributed by atoms with Crippen LogP contribution < -0.4 is 0 Å². The molecular weight excluding hydrogens is 1360 g/mol. The highest BCUT2D eigenvalue weighted by Gasteiger charge is 2.46. The van der Waals surface area contributed by atoms with Crippen molar-refractivity contribution < 1.29 is 37.9 Å². The maximum atomic E-state index is 6.30. The van der Waals surface area contributed by atoms with Crippen molar-refractivity contribution in [3.63, 3.8) is 0 Å². The molecule has 1 aromatic heterocycles. The Labute approximate surface area is 650 Å². The van der Waals surface area contributed by atoms with E-state index in [0.29, 0.717) is 79.3 Å². The van der Waals surface area contributed by atoms with Gasteiger partial charge in [-0.15, -0.1) is 0 Å². The maximum absolute atomic E-state index is 6.30. The van der Waals surface area contributed by atoms with Gasteiger partial charge in [0, 0.05) is 87.7 Å². The van der Waals surface area contributed by atoms with E-state index < -0.39 is 0 Å². The third-order valence-electron chi connectivity index (χ3n) is 25.3. The molecule has 0 amide bonds. The first-order chi connectivity index (χ1) is 54.1. The summed E-state index contributed by atoms with van der Waals surface area (Å²) in [5, 5.41) is 0. The minimum absolute atomic E-state index is 0.119. The predicted octanol–water partition coefficient (Wildman–Crippen LogP) is 22.6. The highest BCUT2D eigenvalue weighted by Crippen LogP contribution is 2.59. The fraction of sp³-hybridized carbons (Fsp3) is 0.320. The lowest BCUT2D eigenvalue weighted by atomic mass is 9.72. The summed E-state index contributed by atoms with van der Waals surface area (Å²) in [6.45, 7) is 16.1. The number of aromatic nitrogens is 2. The molecule has 0 spiro atoms. The summed E-state index contributed by atoms with van der Waals surface area (Å²) in [5.41, 5.74) is 34.7. The smallest absolute Gasteiger partial charge is 0.0973 e. The van der Waals surface area contributed by atoms with Crippen molar-refractivity contribution in [3.05, 3.63) is 275 Å². The summed E-state index contributed by atoms with van der Waals surface area (Å²) in [5.74, 6) is 0. The summed E-state index contributed by atoms with van der Waals surface area (Å²) in [7, 11) is 6.89. The molecule has 0 bridgehead atoms. The Bertz CT molecular complexity index is 4950. The third-order valence-corrected chi connectivity index (χ3v) is 25.3. The zero-order valence-corrected chi connectivity index (χ0v) is 65.2. The van der Waals surface area contributed by atoms with Gasteiger partial charge >= 0.3 is 0 Å². The van der Waals surface area contributed by atoms with Crippen molar-refractivity contribution in [1.29, 1.82) is 0 Å². The highest BCUT2D eigenvalue weighted by molar-refractivity contribution is 5.99. The van der Waals surface area contributed by atoms with Crippen LogP contribution in [0.5, 0.6) is 0 Å². The molecule has 4 aliphatic rings. The maximum Gasteiger partial charge on any atom is 0.0973 e. The summed E-state index contributed by atoms with van der Waals surface area (Å²) >= 11 is 0. The molecule has 0 saturated carbocycles. The number of nitrogens with zero attached hydrogens (tertiary/aromatic N) is 2. The normalized spacial score (nSPS) is 14.6. The molecule has 0 saturated heterocycles. The molecule has 0 fully saturated rings. The lowest BCUT2D eigenvalue weighted by Gasteiger charge is -2.32. The van der Waals surface area contributed by atoms with E-state index in [1.165, 1.54) is 100 Å². The Morgan fingerprint density at radius 1 is 0.218 bits per heavy atom. The quantitative estimate of drug-likeness (QED) is 0.0363. The first-order valence-electron chi connectivity index (χ1n) is 40.0. The number of hydrogen-bond donors (Lipinski definition) is 0. The van der Waals surface area contributed by atoms with Crippen LogP contribution in [0.1, 0.15) is 124 Å². The molecule has 0 radical (unpaired) electrons. The van der Waals surface area contributed by atoms with Crippen LogP contribution >= 0.6 is 0 Å². The Kier molecular flexibility index (Phi) is 22.0. The molecule has 11 aromatic carbocycles. The van der Waals surface area contributed by atoms with E-state index >= 15 is 0 Å². The Morgan fingerprint density at radius 3 is 0.764 bits per heavy atom. The molecule has 10 nitrogen and oxygen atoms in total. The van der Waals surface area contributed by atoms with Gasteiger partial charge < -0.3 is 37.9 Å². The Balaban J connectivity index is 0.848. The van der Waals surface area contributed by atoms with Gasteiger partial charge in [-0.05, 0) is 221 Å². The Morgan fingerprint density at radius 2 is 0.464 bits per heavy atom. The summed E-state index contributed by atoms with van der Waals surface area (Å²) in [4.78, 5) is 11.9. The molecule has 12 aromatic rings. The van der Waals surface area contributed by atoms with Gasteiger partial charge in [0.1, 0.15) is 0 Å². The van der Waals surface area contributed by atoms with E-state index in [4.69, 9.17) is 47.9 Å². The topological polar surface area (TPSA) is 99.6 Å². The van der Waals surface area contributed by atoms with E-state index in [1.807, 2.05) is 0 Å². The van der Waals surface area contributed by atoms with Gasteiger partial charge in [-0.1, -0.05) is 222 Å². The lowest BCUT2D eigenvalue weighted by Crippen LogP contribution is -2.29. The van der Waals surface area contributed by atoms with Gasteiger partial charge in [0.05, 0.1) is 75.3 Å².